The van der Waals surface area contributed by atoms with E-state index in [-0.39, 0.29) is 12.6 Å². The predicted molar refractivity (Wildman–Crippen MR) is 132 cm³/mol. The third-order valence-electron chi connectivity index (χ3n) is 6.80. The summed E-state index contributed by atoms with van der Waals surface area (Å²) in [4.78, 5) is 21.9. The first-order valence-electron chi connectivity index (χ1n) is 12.0. The van der Waals surface area contributed by atoms with Gasteiger partial charge in [-0.2, -0.15) is 5.10 Å². The molecule has 0 atom stereocenters. The Hall–Kier alpha value is -3.32. The van der Waals surface area contributed by atoms with Crippen molar-refractivity contribution in [3.63, 3.8) is 0 Å². The molecule has 0 N–H and O–H groups in total. The standard InChI is InChI=1S/C27H30FN5O/c1-3-24-26-16-25(30-33(26)17-19(2)29-24)21-5-4-6-23-8-7-22(18-32(23)27(34)15-21)20-9-12-31(13-10-20)14-11-28/h4-8,15-18,20H,3,9-14H2,1-2H3/b5-4+,21-15+,23-6+. The van der Waals surface area contributed by atoms with Gasteiger partial charge in [-0.25, -0.2) is 8.91 Å². The highest BCUT2D eigenvalue weighted by atomic mass is 19.1. The first-order chi connectivity index (χ1) is 16.6. The van der Waals surface area contributed by atoms with E-state index in [2.05, 4.69) is 22.9 Å². The minimum absolute atomic E-state index is 0.0932. The molecular formula is C27H30FN5O. The molecule has 1 saturated heterocycles. The maximum atomic E-state index is 13.3. The van der Waals surface area contributed by atoms with E-state index in [9.17, 15) is 9.18 Å². The summed E-state index contributed by atoms with van der Waals surface area (Å²) in [6, 6.07) is 2.00. The van der Waals surface area contributed by atoms with E-state index in [1.807, 2.05) is 54.2 Å². The van der Waals surface area contributed by atoms with Crippen LogP contribution in [0.25, 0.3) is 11.1 Å². The SMILES string of the molecule is CCc1nc(C)cn2nc(C3=C\C(=O)N4C=C(C5CCN(CCF)CC5)C=C\C4=C/C=C/3)cc12. The van der Waals surface area contributed by atoms with Crippen LogP contribution in [0.2, 0.25) is 0 Å². The van der Waals surface area contributed by atoms with Crippen LogP contribution in [0.15, 0.2) is 66.2 Å². The number of halogens is 1. The van der Waals surface area contributed by atoms with Crippen LogP contribution >= 0.6 is 0 Å². The molecule has 0 spiro atoms. The van der Waals surface area contributed by atoms with Crippen molar-refractivity contribution >= 4 is 17.0 Å². The maximum Gasteiger partial charge on any atom is 0.255 e. The zero-order chi connectivity index (χ0) is 23.7. The number of nitrogens with zero attached hydrogens (tertiary/aromatic N) is 5. The third kappa shape index (κ3) is 4.40. The molecule has 5 heterocycles. The molecule has 3 aliphatic rings. The zero-order valence-electron chi connectivity index (χ0n) is 19.7. The number of aryl methyl sites for hydroxylation is 2. The van der Waals surface area contributed by atoms with Crippen LogP contribution in [-0.4, -0.2) is 56.6 Å². The number of alkyl halides is 1. The number of aromatic nitrogens is 3. The fourth-order valence-electron chi connectivity index (χ4n) is 4.95. The number of fused-ring (bicyclic) bond motifs is 2. The van der Waals surface area contributed by atoms with Gasteiger partial charge in [-0.1, -0.05) is 25.2 Å². The van der Waals surface area contributed by atoms with Crippen molar-refractivity contribution in [2.75, 3.05) is 26.3 Å². The Balaban J connectivity index is 1.42. The van der Waals surface area contributed by atoms with Gasteiger partial charge in [-0.05, 0) is 69.0 Å². The van der Waals surface area contributed by atoms with Crippen LogP contribution in [0.4, 0.5) is 4.39 Å². The lowest BCUT2D eigenvalue weighted by Crippen LogP contribution is -2.36. The maximum absolute atomic E-state index is 13.3. The summed E-state index contributed by atoms with van der Waals surface area (Å²) in [6.07, 6.45) is 18.3. The Kier molecular flexibility index (Phi) is 6.28. The van der Waals surface area contributed by atoms with Crippen molar-refractivity contribution in [3.05, 3.63) is 83.3 Å². The van der Waals surface area contributed by atoms with E-state index < -0.39 is 0 Å². The lowest BCUT2D eigenvalue weighted by atomic mass is 9.88. The second-order valence-corrected chi connectivity index (χ2v) is 9.07. The normalized spacial score (nSPS) is 23.6. The summed E-state index contributed by atoms with van der Waals surface area (Å²) in [7, 11) is 0. The molecule has 0 aliphatic carbocycles. The largest absolute Gasteiger partial charge is 0.301 e. The van der Waals surface area contributed by atoms with Gasteiger partial charge in [0.05, 0.1) is 28.8 Å². The van der Waals surface area contributed by atoms with Gasteiger partial charge in [0.15, 0.2) is 0 Å². The van der Waals surface area contributed by atoms with Crippen molar-refractivity contribution in [3.8, 4) is 0 Å². The van der Waals surface area contributed by atoms with E-state index in [0.29, 0.717) is 12.5 Å². The average Bonchev–Trinajstić information content (AvgIpc) is 3.26. The van der Waals surface area contributed by atoms with Gasteiger partial charge in [0.1, 0.15) is 6.67 Å². The minimum Gasteiger partial charge on any atom is -0.301 e. The Morgan fingerprint density at radius 1 is 1.18 bits per heavy atom. The minimum atomic E-state index is -0.298. The molecule has 1 fully saturated rings. The molecule has 0 radical (unpaired) electrons. The number of allylic oxidation sites excluding steroid dienone is 7. The van der Waals surface area contributed by atoms with Crippen LogP contribution in [0.3, 0.4) is 0 Å². The smallest absolute Gasteiger partial charge is 0.255 e. The van der Waals surface area contributed by atoms with E-state index in [1.165, 1.54) is 0 Å². The molecule has 1 amide bonds. The van der Waals surface area contributed by atoms with Crippen molar-refractivity contribution in [2.24, 2.45) is 5.92 Å². The van der Waals surface area contributed by atoms with Crippen LogP contribution < -0.4 is 0 Å². The van der Waals surface area contributed by atoms with Crippen LogP contribution in [0, 0.1) is 12.8 Å². The summed E-state index contributed by atoms with van der Waals surface area (Å²) >= 11 is 0. The van der Waals surface area contributed by atoms with Crippen LogP contribution in [0.1, 0.15) is 36.8 Å². The first-order valence-corrected chi connectivity index (χ1v) is 12.0. The summed E-state index contributed by atoms with van der Waals surface area (Å²) in [5.74, 6) is 0.289. The molecular weight excluding hydrogens is 429 g/mol. The molecule has 2 aromatic rings. The van der Waals surface area contributed by atoms with Gasteiger partial charge < -0.3 is 4.90 Å². The van der Waals surface area contributed by atoms with Gasteiger partial charge in [-0.15, -0.1) is 0 Å². The fourth-order valence-corrected chi connectivity index (χ4v) is 4.95. The first kappa shape index (κ1) is 22.5. The summed E-state index contributed by atoms with van der Waals surface area (Å²) in [5.41, 5.74) is 6.40. The molecule has 176 valence electrons. The van der Waals surface area contributed by atoms with Crippen LogP contribution in [-0.2, 0) is 11.2 Å². The Morgan fingerprint density at radius 2 is 2.00 bits per heavy atom. The molecule has 34 heavy (non-hydrogen) atoms. The Labute approximate surface area is 199 Å². The van der Waals surface area contributed by atoms with Crippen LogP contribution in [0.5, 0.6) is 0 Å². The lowest BCUT2D eigenvalue weighted by molar-refractivity contribution is -0.122. The molecule has 0 unspecified atom stereocenters. The highest BCUT2D eigenvalue weighted by Gasteiger charge is 2.25. The Bertz CT molecular complexity index is 1260. The molecule has 6 nitrogen and oxygen atoms in total. The number of piperidine rings is 1. The zero-order valence-corrected chi connectivity index (χ0v) is 19.7. The van der Waals surface area contributed by atoms with Crippen molar-refractivity contribution < 1.29 is 9.18 Å². The number of amides is 1. The van der Waals surface area contributed by atoms with E-state index in [4.69, 9.17) is 5.10 Å². The average molecular weight is 460 g/mol. The van der Waals surface area contributed by atoms with E-state index in [1.54, 1.807) is 11.0 Å². The number of carbonyl (C=O) groups is 1. The monoisotopic (exact) mass is 459 g/mol. The fraction of sp³-hybridized carbons (Fsp3) is 0.370. The highest BCUT2D eigenvalue weighted by Crippen LogP contribution is 2.31. The number of rotatable bonds is 5. The second kappa shape index (κ2) is 9.50. The predicted octanol–water partition coefficient (Wildman–Crippen LogP) is 4.40. The molecule has 2 aromatic heterocycles. The lowest BCUT2D eigenvalue weighted by Gasteiger charge is -2.34. The second-order valence-electron chi connectivity index (χ2n) is 9.07. The van der Waals surface area contributed by atoms with Gasteiger partial charge >= 0.3 is 0 Å². The molecule has 0 saturated carbocycles. The van der Waals surface area contributed by atoms with Gasteiger partial charge in [0, 0.05) is 30.1 Å². The summed E-state index contributed by atoms with van der Waals surface area (Å²) in [5, 5.41) is 4.73. The topological polar surface area (TPSA) is 53.7 Å². The number of likely N-dealkylation sites (tertiary alicyclic amines) is 1. The summed E-state index contributed by atoms with van der Waals surface area (Å²) < 4.78 is 14.5. The molecule has 5 rings (SSSR count). The molecule has 0 bridgehead atoms. The van der Waals surface area contributed by atoms with Gasteiger partial charge in [0.2, 0.25) is 0 Å². The van der Waals surface area contributed by atoms with Gasteiger partial charge in [0.25, 0.3) is 5.91 Å². The number of carbonyl (C=O) groups excluding carboxylic acids is 1. The third-order valence-corrected chi connectivity index (χ3v) is 6.80. The summed E-state index contributed by atoms with van der Waals surface area (Å²) in [6.45, 7) is 6.04. The molecule has 0 aromatic carbocycles. The van der Waals surface area contributed by atoms with Crippen molar-refractivity contribution in [1.82, 2.24) is 24.4 Å². The number of hydrogen-bond acceptors (Lipinski definition) is 4. The highest BCUT2D eigenvalue weighted by molar-refractivity contribution is 5.99. The quantitative estimate of drug-likeness (QED) is 0.665. The number of hydrogen-bond donors (Lipinski definition) is 0. The van der Waals surface area contributed by atoms with E-state index in [0.717, 1.165) is 71.8 Å². The van der Waals surface area contributed by atoms with Gasteiger partial charge in [-0.3, -0.25) is 14.7 Å². The Morgan fingerprint density at radius 3 is 2.76 bits per heavy atom. The molecule has 7 heteroatoms. The molecule has 3 aliphatic heterocycles. The van der Waals surface area contributed by atoms with Crippen molar-refractivity contribution in [2.45, 2.75) is 33.1 Å². The van der Waals surface area contributed by atoms with Crippen molar-refractivity contribution in [1.29, 1.82) is 0 Å². The van der Waals surface area contributed by atoms with E-state index >= 15 is 0 Å².